The second-order valence-electron chi connectivity index (χ2n) is 15.0. The predicted octanol–water partition coefficient (Wildman–Crippen LogP) is 9.38. The first-order valence-corrected chi connectivity index (χ1v) is 18.0. The third kappa shape index (κ3) is 5.42. The maximum atomic E-state index is 2.63. The molecule has 0 spiro atoms. The SMILES string of the molecule is CC(C)(C)[Si](C(C)(C)C)[Si]([Si](C(C)(C)C)C(C)(C)C)(C(C)(C)C)C(C)(C)C. The Hall–Kier alpha value is 0.651. The average molecular weight is 427 g/mol. The highest BCUT2D eigenvalue weighted by Crippen LogP contribution is 2.67. The molecule has 0 fully saturated rings. The zero-order valence-electron chi connectivity index (χ0n) is 22.5. The highest BCUT2D eigenvalue weighted by atomic mass is 29.6. The van der Waals surface area contributed by atoms with Gasteiger partial charge in [-0.15, -0.1) is 0 Å². The lowest BCUT2D eigenvalue weighted by atomic mass is 10.2. The van der Waals surface area contributed by atoms with Gasteiger partial charge in [0.05, 0.1) is 23.7 Å². The second kappa shape index (κ2) is 7.41. The van der Waals surface area contributed by atoms with Crippen molar-refractivity contribution in [2.45, 2.75) is 155 Å². The molecule has 0 nitrogen and oxygen atoms in total. The van der Waals surface area contributed by atoms with Crippen molar-refractivity contribution in [1.82, 2.24) is 0 Å². The maximum Gasteiger partial charge on any atom is 0.0511 e. The number of hydrogen-bond donors (Lipinski definition) is 0. The van der Waals surface area contributed by atoms with Gasteiger partial charge in [0, 0.05) is 0 Å². The minimum absolute atomic E-state index is 0.398. The molecule has 0 amide bonds. The van der Waals surface area contributed by atoms with E-state index in [0.717, 1.165) is 0 Å². The van der Waals surface area contributed by atoms with Gasteiger partial charge in [0.1, 0.15) is 0 Å². The molecular weight excluding hydrogens is 373 g/mol. The van der Waals surface area contributed by atoms with Crippen LogP contribution in [0.2, 0.25) is 30.2 Å². The van der Waals surface area contributed by atoms with Crippen molar-refractivity contribution in [1.29, 1.82) is 0 Å². The molecule has 0 aliphatic heterocycles. The minimum atomic E-state index is -1.80. The molecule has 0 saturated carbocycles. The molecule has 0 unspecified atom stereocenters. The van der Waals surface area contributed by atoms with Crippen molar-refractivity contribution >= 4 is 23.7 Å². The van der Waals surface area contributed by atoms with E-state index in [1.807, 2.05) is 0 Å². The first-order valence-electron chi connectivity index (χ1n) is 11.0. The number of hydrogen-bond acceptors (Lipinski definition) is 0. The molecule has 3 heteroatoms. The van der Waals surface area contributed by atoms with Gasteiger partial charge in [0.2, 0.25) is 0 Å². The smallest absolute Gasteiger partial charge is 0.0511 e. The van der Waals surface area contributed by atoms with Crippen LogP contribution in [0.15, 0.2) is 0 Å². The fourth-order valence-electron chi connectivity index (χ4n) is 7.25. The summed E-state index contributed by atoms with van der Waals surface area (Å²) in [6.45, 7) is 46.8. The Bertz CT molecular complexity index is 415. The third-order valence-corrected chi connectivity index (χ3v) is 45.0. The summed E-state index contributed by atoms with van der Waals surface area (Å²) in [6, 6.07) is 0. The van der Waals surface area contributed by atoms with E-state index in [0.29, 0.717) is 30.2 Å². The van der Waals surface area contributed by atoms with Crippen LogP contribution in [0.25, 0.3) is 0 Å². The highest BCUT2D eigenvalue weighted by molar-refractivity contribution is 7.63. The summed E-state index contributed by atoms with van der Waals surface area (Å²) >= 11 is 0. The van der Waals surface area contributed by atoms with Gasteiger partial charge in [0.25, 0.3) is 0 Å². The Morgan fingerprint density at radius 2 is 0.481 bits per heavy atom. The van der Waals surface area contributed by atoms with Crippen molar-refractivity contribution in [2.24, 2.45) is 0 Å². The normalized spacial score (nSPS) is 16.4. The summed E-state index contributed by atoms with van der Waals surface area (Å²) in [5.41, 5.74) is 0. The Balaban J connectivity index is 7.75. The monoisotopic (exact) mass is 426 g/mol. The van der Waals surface area contributed by atoms with Crippen molar-refractivity contribution in [2.75, 3.05) is 0 Å². The van der Waals surface area contributed by atoms with Crippen LogP contribution >= 0.6 is 0 Å². The summed E-state index contributed by atoms with van der Waals surface area (Å²) < 4.78 is 0. The molecule has 162 valence electrons. The Kier molecular flexibility index (Phi) is 7.59. The lowest BCUT2D eigenvalue weighted by Crippen LogP contribution is -2.80. The van der Waals surface area contributed by atoms with Crippen LogP contribution in [0.4, 0.5) is 0 Å². The average Bonchev–Trinajstić information content (AvgIpc) is 2.15. The molecule has 0 bridgehead atoms. The molecule has 2 radical (unpaired) electrons. The van der Waals surface area contributed by atoms with Crippen LogP contribution in [0.3, 0.4) is 0 Å². The quantitative estimate of drug-likeness (QED) is 0.385. The molecule has 0 aliphatic carbocycles. The van der Waals surface area contributed by atoms with Gasteiger partial charge in [-0.25, -0.2) is 0 Å². The summed E-state index contributed by atoms with van der Waals surface area (Å²) in [5.74, 6) is 0. The topological polar surface area (TPSA) is 0 Å². The van der Waals surface area contributed by atoms with Gasteiger partial charge in [-0.1, -0.05) is 125 Å². The first kappa shape index (κ1) is 27.7. The second-order valence-corrected chi connectivity index (χ2v) is 36.0. The number of rotatable bonds is 2. The molecule has 0 aromatic rings. The van der Waals surface area contributed by atoms with E-state index in [9.17, 15) is 0 Å². The molecule has 0 heterocycles. The molecule has 0 atom stereocenters. The van der Waals surface area contributed by atoms with Crippen molar-refractivity contribution in [3.63, 3.8) is 0 Å². The first-order chi connectivity index (χ1) is 11.2. The molecule has 27 heavy (non-hydrogen) atoms. The van der Waals surface area contributed by atoms with Crippen LogP contribution in [0.1, 0.15) is 125 Å². The van der Waals surface area contributed by atoms with Crippen molar-refractivity contribution < 1.29 is 0 Å². The Labute approximate surface area is 178 Å². The van der Waals surface area contributed by atoms with E-state index < -0.39 is 23.7 Å². The zero-order chi connectivity index (χ0) is 22.7. The van der Waals surface area contributed by atoms with Crippen LogP contribution in [-0.2, 0) is 0 Å². The van der Waals surface area contributed by atoms with Gasteiger partial charge in [-0.05, 0) is 30.2 Å². The molecule has 0 N–H and O–H groups in total. The maximum absolute atomic E-state index is 2.63. The largest absolute Gasteiger partial charge is 0.0630 e. The van der Waals surface area contributed by atoms with E-state index in [1.165, 1.54) is 0 Å². The lowest BCUT2D eigenvalue weighted by molar-refractivity contribution is 0.592. The van der Waals surface area contributed by atoms with Gasteiger partial charge in [0.15, 0.2) is 0 Å². The van der Waals surface area contributed by atoms with E-state index in [1.54, 1.807) is 0 Å². The van der Waals surface area contributed by atoms with Crippen LogP contribution in [-0.4, -0.2) is 23.7 Å². The van der Waals surface area contributed by atoms with Gasteiger partial charge < -0.3 is 0 Å². The zero-order valence-corrected chi connectivity index (χ0v) is 25.5. The third-order valence-electron chi connectivity index (χ3n) is 6.00. The van der Waals surface area contributed by atoms with Crippen molar-refractivity contribution in [3.8, 4) is 0 Å². The van der Waals surface area contributed by atoms with Gasteiger partial charge in [-0.2, -0.15) is 0 Å². The van der Waals surface area contributed by atoms with Crippen LogP contribution in [0.5, 0.6) is 0 Å². The summed E-state index contributed by atoms with van der Waals surface area (Å²) in [7, 11) is -3.13. The van der Waals surface area contributed by atoms with E-state index in [-0.39, 0.29) is 0 Å². The summed E-state index contributed by atoms with van der Waals surface area (Å²) in [4.78, 5) is 0. The highest BCUT2D eigenvalue weighted by Gasteiger charge is 2.70. The summed E-state index contributed by atoms with van der Waals surface area (Å²) in [6.07, 6.45) is 0. The van der Waals surface area contributed by atoms with E-state index in [2.05, 4.69) is 125 Å². The van der Waals surface area contributed by atoms with E-state index >= 15 is 0 Å². The fourth-order valence-corrected chi connectivity index (χ4v) is 60.8. The Morgan fingerprint density at radius 1 is 0.333 bits per heavy atom. The fraction of sp³-hybridized carbons (Fsp3) is 1.00. The molecule has 0 aromatic heterocycles. The standard InChI is InChI=1S/C24H54Si3/c1-19(2,3)25(20(4,5)6)27(23(13,14)15,24(16,17)18)26(21(7,8)9)22(10,11)12/h1-18H3. The van der Waals surface area contributed by atoms with Crippen LogP contribution in [0, 0.1) is 0 Å². The molecule has 0 aromatic carbocycles. The predicted molar refractivity (Wildman–Crippen MR) is 136 cm³/mol. The van der Waals surface area contributed by atoms with Crippen LogP contribution < -0.4 is 0 Å². The minimum Gasteiger partial charge on any atom is -0.0630 e. The molecule has 0 aliphatic rings. The Morgan fingerprint density at radius 3 is 0.556 bits per heavy atom. The van der Waals surface area contributed by atoms with E-state index in [4.69, 9.17) is 0 Å². The molecule has 0 rings (SSSR count). The van der Waals surface area contributed by atoms with Gasteiger partial charge in [-0.3, -0.25) is 0 Å². The summed E-state index contributed by atoms with van der Waals surface area (Å²) in [5, 5.41) is 2.42. The molecule has 0 saturated heterocycles. The molecular formula is C24H54Si3. The van der Waals surface area contributed by atoms with Gasteiger partial charge >= 0.3 is 0 Å². The lowest BCUT2D eigenvalue weighted by Gasteiger charge is -2.69. The van der Waals surface area contributed by atoms with Crippen molar-refractivity contribution in [3.05, 3.63) is 0 Å².